The molecule has 1 aliphatic rings. The number of hydrogen-bond donors (Lipinski definition) is 0. The highest BCUT2D eigenvalue weighted by Crippen LogP contribution is 2.20. The molecule has 0 saturated carbocycles. The van der Waals surface area contributed by atoms with Crippen molar-refractivity contribution in [3.8, 4) is 11.8 Å². The van der Waals surface area contributed by atoms with E-state index in [1.54, 1.807) is 4.90 Å². The zero-order chi connectivity index (χ0) is 23.6. The van der Waals surface area contributed by atoms with Gasteiger partial charge in [0.05, 0.1) is 32.1 Å². The molecule has 7 heteroatoms. The second-order valence-electron chi connectivity index (χ2n) is 8.20. The van der Waals surface area contributed by atoms with Gasteiger partial charge in [0.1, 0.15) is 5.75 Å². The predicted molar refractivity (Wildman–Crippen MR) is 128 cm³/mol. The van der Waals surface area contributed by atoms with Gasteiger partial charge in [-0.15, -0.1) is 0 Å². The topological polar surface area (TPSA) is 76.9 Å². The molecule has 0 unspecified atom stereocenters. The average molecular weight is 449 g/mol. The Morgan fingerprint density at radius 2 is 1.70 bits per heavy atom. The summed E-state index contributed by atoms with van der Waals surface area (Å²) in [6.45, 7) is 7.67. The van der Waals surface area contributed by atoms with Crippen molar-refractivity contribution in [3.63, 3.8) is 0 Å². The molecule has 3 rings (SSSR count). The SMILES string of the molecule is CCOc1ccc(N(CCC#N)C(=O)CN2CCN(C(=O)Cc3ccc(C)cc3)CC2)cc1. The molecule has 1 saturated heterocycles. The summed E-state index contributed by atoms with van der Waals surface area (Å²) in [7, 11) is 0. The first-order valence-electron chi connectivity index (χ1n) is 11.5. The number of hydrogen-bond acceptors (Lipinski definition) is 5. The van der Waals surface area contributed by atoms with Gasteiger partial charge in [-0.2, -0.15) is 5.26 Å². The molecule has 174 valence electrons. The van der Waals surface area contributed by atoms with E-state index < -0.39 is 0 Å². The lowest BCUT2D eigenvalue weighted by atomic mass is 10.1. The number of carbonyl (C=O) groups is 2. The third-order valence-electron chi connectivity index (χ3n) is 5.77. The normalized spacial score (nSPS) is 13.9. The summed E-state index contributed by atoms with van der Waals surface area (Å²) in [4.78, 5) is 31.3. The van der Waals surface area contributed by atoms with E-state index in [0.29, 0.717) is 45.8 Å². The minimum absolute atomic E-state index is 0.0474. The molecule has 1 aliphatic heterocycles. The Morgan fingerprint density at radius 1 is 1.03 bits per heavy atom. The van der Waals surface area contributed by atoms with Gasteiger partial charge in [0, 0.05) is 38.4 Å². The van der Waals surface area contributed by atoms with E-state index in [-0.39, 0.29) is 24.8 Å². The van der Waals surface area contributed by atoms with Gasteiger partial charge in [-0.1, -0.05) is 29.8 Å². The molecule has 0 aliphatic carbocycles. The Labute approximate surface area is 196 Å². The Hall–Kier alpha value is -3.37. The standard InChI is InChI=1S/C26H32N4O3/c1-3-33-24-11-9-23(10-12-24)30(14-4-13-27)26(32)20-28-15-17-29(18-16-28)25(31)19-22-7-5-21(2)6-8-22/h5-12H,3-4,14-20H2,1-2H3. The quantitative estimate of drug-likeness (QED) is 0.589. The van der Waals surface area contributed by atoms with Gasteiger partial charge in [0.15, 0.2) is 0 Å². The lowest BCUT2D eigenvalue weighted by molar-refractivity contribution is -0.132. The van der Waals surface area contributed by atoms with E-state index >= 15 is 0 Å². The molecule has 7 nitrogen and oxygen atoms in total. The van der Waals surface area contributed by atoms with Gasteiger partial charge in [-0.25, -0.2) is 0 Å². The third-order valence-corrected chi connectivity index (χ3v) is 5.77. The lowest BCUT2D eigenvalue weighted by Crippen LogP contribution is -2.52. The summed E-state index contributed by atoms with van der Waals surface area (Å²) in [5.74, 6) is 0.823. The highest BCUT2D eigenvalue weighted by atomic mass is 16.5. The number of nitrogens with zero attached hydrogens (tertiary/aromatic N) is 4. The van der Waals surface area contributed by atoms with E-state index in [9.17, 15) is 9.59 Å². The molecule has 2 amide bonds. The van der Waals surface area contributed by atoms with Gasteiger partial charge < -0.3 is 14.5 Å². The van der Waals surface area contributed by atoms with E-state index in [0.717, 1.165) is 17.0 Å². The average Bonchev–Trinajstić information content (AvgIpc) is 2.82. The van der Waals surface area contributed by atoms with Crippen LogP contribution in [0, 0.1) is 18.3 Å². The van der Waals surface area contributed by atoms with Crippen LogP contribution in [0.4, 0.5) is 5.69 Å². The van der Waals surface area contributed by atoms with Gasteiger partial charge >= 0.3 is 0 Å². The molecule has 0 N–H and O–H groups in total. The van der Waals surface area contributed by atoms with E-state index in [2.05, 4.69) is 11.0 Å². The molecule has 0 spiro atoms. The van der Waals surface area contributed by atoms with E-state index in [4.69, 9.17) is 10.00 Å². The Balaban J connectivity index is 1.53. The van der Waals surface area contributed by atoms with E-state index in [1.165, 1.54) is 5.56 Å². The first kappa shape index (κ1) is 24.3. The van der Waals surface area contributed by atoms with Crippen LogP contribution in [-0.4, -0.2) is 67.5 Å². The second kappa shape index (κ2) is 12.0. The van der Waals surface area contributed by atoms with Gasteiger partial charge in [0.25, 0.3) is 0 Å². The fourth-order valence-corrected chi connectivity index (χ4v) is 3.87. The van der Waals surface area contributed by atoms with Crippen molar-refractivity contribution in [2.45, 2.75) is 26.7 Å². The van der Waals surface area contributed by atoms with Crippen LogP contribution in [0.15, 0.2) is 48.5 Å². The van der Waals surface area contributed by atoms with Crippen molar-refractivity contribution < 1.29 is 14.3 Å². The summed E-state index contributed by atoms with van der Waals surface area (Å²) >= 11 is 0. The van der Waals surface area contributed by atoms with E-state index in [1.807, 2.05) is 67.3 Å². The molecule has 0 bridgehead atoms. The molecular formula is C26H32N4O3. The first-order chi connectivity index (χ1) is 16.0. The van der Waals surface area contributed by atoms with Crippen LogP contribution >= 0.6 is 0 Å². The van der Waals surface area contributed by atoms with Crippen LogP contribution in [0.5, 0.6) is 5.75 Å². The minimum atomic E-state index is -0.0474. The summed E-state index contributed by atoms with van der Waals surface area (Å²) < 4.78 is 5.48. The van der Waals surface area contributed by atoms with Crippen LogP contribution in [-0.2, 0) is 16.0 Å². The van der Waals surface area contributed by atoms with Crippen molar-refractivity contribution >= 4 is 17.5 Å². The molecule has 1 heterocycles. The summed E-state index contributed by atoms with van der Waals surface area (Å²) in [5.41, 5.74) is 2.95. The fraction of sp³-hybridized carbons (Fsp3) is 0.423. The summed E-state index contributed by atoms with van der Waals surface area (Å²) in [6.07, 6.45) is 0.666. The monoisotopic (exact) mass is 448 g/mol. The Morgan fingerprint density at radius 3 is 2.30 bits per heavy atom. The van der Waals surface area contributed by atoms with Crippen LogP contribution < -0.4 is 9.64 Å². The maximum absolute atomic E-state index is 13.1. The molecule has 1 fully saturated rings. The largest absolute Gasteiger partial charge is 0.494 e. The fourth-order valence-electron chi connectivity index (χ4n) is 3.87. The number of nitriles is 1. The summed E-state index contributed by atoms with van der Waals surface area (Å²) in [5, 5.41) is 9.02. The number of rotatable bonds is 9. The maximum atomic E-state index is 13.1. The van der Waals surface area contributed by atoms with Crippen LogP contribution in [0.2, 0.25) is 0 Å². The number of carbonyl (C=O) groups excluding carboxylic acids is 2. The molecule has 2 aromatic rings. The molecule has 0 aromatic heterocycles. The van der Waals surface area contributed by atoms with Crippen LogP contribution in [0.1, 0.15) is 24.5 Å². The van der Waals surface area contributed by atoms with Gasteiger partial charge in [-0.05, 0) is 43.7 Å². The molecule has 0 atom stereocenters. The number of piperazine rings is 1. The predicted octanol–water partition coefficient (Wildman–Crippen LogP) is 3.03. The number of benzene rings is 2. The highest BCUT2D eigenvalue weighted by Gasteiger charge is 2.25. The lowest BCUT2D eigenvalue weighted by Gasteiger charge is -2.35. The highest BCUT2D eigenvalue weighted by molar-refractivity contribution is 5.95. The second-order valence-corrected chi connectivity index (χ2v) is 8.20. The van der Waals surface area contributed by atoms with Crippen molar-refractivity contribution in [2.24, 2.45) is 0 Å². The van der Waals surface area contributed by atoms with Crippen molar-refractivity contribution in [1.82, 2.24) is 9.80 Å². The zero-order valence-corrected chi connectivity index (χ0v) is 19.5. The molecule has 33 heavy (non-hydrogen) atoms. The number of amides is 2. The third kappa shape index (κ3) is 7.06. The van der Waals surface area contributed by atoms with Crippen LogP contribution in [0.3, 0.4) is 0 Å². The number of ether oxygens (including phenoxy) is 1. The zero-order valence-electron chi connectivity index (χ0n) is 19.5. The van der Waals surface area contributed by atoms with Gasteiger partial charge in [-0.3, -0.25) is 14.5 Å². The number of anilines is 1. The maximum Gasteiger partial charge on any atom is 0.241 e. The van der Waals surface area contributed by atoms with Crippen LogP contribution in [0.25, 0.3) is 0 Å². The van der Waals surface area contributed by atoms with Crippen molar-refractivity contribution in [1.29, 1.82) is 5.26 Å². The smallest absolute Gasteiger partial charge is 0.241 e. The van der Waals surface area contributed by atoms with Crippen molar-refractivity contribution in [2.75, 3.05) is 50.8 Å². The minimum Gasteiger partial charge on any atom is -0.494 e. The molecule has 0 radical (unpaired) electrons. The summed E-state index contributed by atoms with van der Waals surface area (Å²) in [6, 6.07) is 17.5. The molecule has 2 aromatic carbocycles. The van der Waals surface area contributed by atoms with Crippen molar-refractivity contribution in [3.05, 3.63) is 59.7 Å². The Kier molecular flexibility index (Phi) is 8.85. The number of aryl methyl sites for hydroxylation is 1. The first-order valence-corrected chi connectivity index (χ1v) is 11.5. The van der Waals surface area contributed by atoms with Gasteiger partial charge in [0.2, 0.25) is 11.8 Å². The molecular weight excluding hydrogens is 416 g/mol. The Bertz CT molecular complexity index is 959.